The molecule has 25 heavy (non-hydrogen) atoms. The van der Waals surface area contributed by atoms with E-state index in [0.717, 1.165) is 16.9 Å². The van der Waals surface area contributed by atoms with Crippen LogP contribution >= 0.6 is 11.6 Å². The number of halogens is 1. The van der Waals surface area contributed by atoms with Crippen molar-refractivity contribution in [1.82, 2.24) is 14.8 Å². The molecule has 0 spiro atoms. The maximum Gasteiger partial charge on any atom is 0.214 e. The third-order valence-electron chi connectivity index (χ3n) is 3.75. The molecule has 0 bridgehead atoms. The molecule has 0 fully saturated rings. The van der Waals surface area contributed by atoms with Crippen molar-refractivity contribution in [3.63, 3.8) is 0 Å². The maximum absolute atomic E-state index is 6.03. The van der Waals surface area contributed by atoms with E-state index in [1.54, 1.807) is 12.4 Å². The number of para-hydroxylation sites is 2. The highest BCUT2D eigenvalue weighted by Gasteiger charge is 2.09. The summed E-state index contributed by atoms with van der Waals surface area (Å²) >= 11 is 6.03. The number of rotatable bonds is 5. The molecule has 5 nitrogen and oxygen atoms in total. The number of hydrogen-bond acceptors (Lipinski definition) is 4. The van der Waals surface area contributed by atoms with Crippen LogP contribution in [0, 0.1) is 0 Å². The number of hydrogen-bond donors (Lipinski definition) is 1. The van der Waals surface area contributed by atoms with Crippen molar-refractivity contribution in [2.45, 2.75) is 6.54 Å². The van der Waals surface area contributed by atoms with E-state index in [0.29, 0.717) is 23.2 Å². The Morgan fingerprint density at radius 2 is 2.00 bits per heavy atom. The largest absolute Gasteiger partial charge is 0.439 e. The van der Waals surface area contributed by atoms with Crippen LogP contribution in [-0.2, 0) is 6.54 Å². The molecule has 2 aromatic carbocycles. The third-order valence-corrected chi connectivity index (χ3v) is 3.98. The van der Waals surface area contributed by atoms with E-state index < -0.39 is 0 Å². The van der Waals surface area contributed by atoms with Crippen LogP contribution in [-0.4, -0.2) is 14.8 Å². The van der Waals surface area contributed by atoms with Crippen LogP contribution in [0.3, 0.4) is 0 Å². The lowest BCUT2D eigenvalue weighted by Gasteiger charge is -2.10. The Morgan fingerprint density at radius 3 is 2.84 bits per heavy atom. The van der Waals surface area contributed by atoms with Gasteiger partial charge in [-0.1, -0.05) is 35.9 Å². The molecule has 0 aliphatic carbocycles. The lowest BCUT2D eigenvalue weighted by Crippen LogP contribution is -2.04. The van der Waals surface area contributed by atoms with Gasteiger partial charge in [0, 0.05) is 23.0 Å². The lowest BCUT2D eigenvalue weighted by atomic mass is 10.2. The van der Waals surface area contributed by atoms with Crippen LogP contribution in [0.2, 0.25) is 5.02 Å². The van der Waals surface area contributed by atoms with Gasteiger partial charge in [0.2, 0.25) is 5.89 Å². The lowest BCUT2D eigenvalue weighted by molar-refractivity contribution is 0.516. The first-order valence-electron chi connectivity index (χ1n) is 7.83. The summed E-state index contributed by atoms with van der Waals surface area (Å²) in [5.41, 5.74) is 2.83. The molecular formula is C19H15ClN4O. The summed E-state index contributed by atoms with van der Waals surface area (Å²) in [7, 11) is 0. The number of nitrogens with one attached hydrogen (secondary N) is 1. The zero-order valence-electron chi connectivity index (χ0n) is 13.3. The molecule has 0 amide bonds. The molecule has 4 rings (SSSR count). The topological polar surface area (TPSA) is 55.9 Å². The predicted molar refractivity (Wildman–Crippen MR) is 97.8 cm³/mol. The van der Waals surface area contributed by atoms with Crippen molar-refractivity contribution >= 4 is 17.3 Å². The van der Waals surface area contributed by atoms with Gasteiger partial charge in [0.05, 0.1) is 24.1 Å². The van der Waals surface area contributed by atoms with Gasteiger partial charge in [-0.25, -0.2) is 9.67 Å². The van der Waals surface area contributed by atoms with Gasteiger partial charge in [-0.3, -0.25) is 0 Å². The standard InChI is InChI=1S/C19H15ClN4O/c20-15-6-3-5-14(11-15)18-12-22-19(25-18)13-21-16-7-1-2-8-17(16)24-10-4-9-23-24/h1-12,21H,13H2. The summed E-state index contributed by atoms with van der Waals surface area (Å²) in [5.74, 6) is 1.30. The van der Waals surface area contributed by atoms with Gasteiger partial charge in [-0.15, -0.1) is 0 Å². The SMILES string of the molecule is Clc1cccc(-c2cnc(CNc3ccccc3-n3cccn3)o2)c1. The first-order chi connectivity index (χ1) is 12.3. The zero-order chi connectivity index (χ0) is 17.1. The van der Waals surface area contributed by atoms with E-state index in [1.807, 2.05) is 65.5 Å². The Bertz CT molecular complexity index is 979. The molecular weight excluding hydrogens is 336 g/mol. The van der Waals surface area contributed by atoms with Crippen molar-refractivity contribution in [1.29, 1.82) is 0 Å². The maximum atomic E-state index is 6.03. The molecule has 0 atom stereocenters. The molecule has 0 aliphatic heterocycles. The fourth-order valence-electron chi connectivity index (χ4n) is 2.57. The monoisotopic (exact) mass is 350 g/mol. The first kappa shape index (κ1) is 15.5. The van der Waals surface area contributed by atoms with E-state index in [9.17, 15) is 0 Å². The molecule has 0 aliphatic rings. The molecule has 0 saturated carbocycles. The molecule has 0 radical (unpaired) electrons. The number of aromatic nitrogens is 3. The van der Waals surface area contributed by atoms with Crippen molar-refractivity contribution in [2.24, 2.45) is 0 Å². The number of anilines is 1. The van der Waals surface area contributed by atoms with Gasteiger partial charge in [0.15, 0.2) is 5.76 Å². The highest BCUT2D eigenvalue weighted by Crippen LogP contribution is 2.24. The van der Waals surface area contributed by atoms with Gasteiger partial charge < -0.3 is 9.73 Å². The van der Waals surface area contributed by atoms with Gasteiger partial charge in [0.25, 0.3) is 0 Å². The highest BCUT2D eigenvalue weighted by molar-refractivity contribution is 6.30. The van der Waals surface area contributed by atoms with E-state index in [1.165, 1.54) is 0 Å². The van der Waals surface area contributed by atoms with Gasteiger partial charge in [-0.2, -0.15) is 5.10 Å². The summed E-state index contributed by atoms with van der Waals surface area (Å²) in [6, 6.07) is 17.4. The average molecular weight is 351 g/mol. The molecule has 124 valence electrons. The Morgan fingerprint density at radius 1 is 1.08 bits per heavy atom. The van der Waals surface area contributed by atoms with Crippen LogP contribution < -0.4 is 5.32 Å². The molecule has 4 aromatic rings. The average Bonchev–Trinajstić information content (AvgIpc) is 3.32. The van der Waals surface area contributed by atoms with Crippen LogP contribution in [0.5, 0.6) is 0 Å². The second-order valence-electron chi connectivity index (χ2n) is 5.45. The predicted octanol–water partition coefficient (Wildman–Crippen LogP) is 4.79. The Labute approximate surface area is 149 Å². The van der Waals surface area contributed by atoms with Crippen molar-refractivity contribution in [2.75, 3.05) is 5.32 Å². The Kier molecular flexibility index (Phi) is 4.23. The normalized spacial score (nSPS) is 10.8. The highest BCUT2D eigenvalue weighted by atomic mass is 35.5. The van der Waals surface area contributed by atoms with Crippen LogP contribution in [0.15, 0.2) is 77.6 Å². The van der Waals surface area contributed by atoms with Gasteiger partial charge >= 0.3 is 0 Å². The first-order valence-corrected chi connectivity index (χ1v) is 8.21. The Hall–Kier alpha value is -3.05. The van der Waals surface area contributed by atoms with Crippen molar-refractivity contribution < 1.29 is 4.42 Å². The van der Waals surface area contributed by atoms with E-state index in [-0.39, 0.29) is 0 Å². The Balaban J connectivity index is 1.52. The van der Waals surface area contributed by atoms with Crippen molar-refractivity contribution in [3.8, 4) is 17.0 Å². The van der Waals surface area contributed by atoms with Crippen LogP contribution in [0.25, 0.3) is 17.0 Å². The minimum atomic E-state index is 0.471. The van der Waals surface area contributed by atoms with E-state index in [4.69, 9.17) is 16.0 Å². The third kappa shape index (κ3) is 3.41. The van der Waals surface area contributed by atoms with Gasteiger partial charge in [0.1, 0.15) is 0 Å². The molecule has 2 heterocycles. The van der Waals surface area contributed by atoms with Crippen LogP contribution in [0.4, 0.5) is 5.69 Å². The molecule has 2 aromatic heterocycles. The zero-order valence-corrected chi connectivity index (χ0v) is 14.0. The number of nitrogens with zero attached hydrogens (tertiary/aromatic N) is 3. The summed E-state index contributed by atoms with van der Waals surface area (Å²) < 4.78 is 7.64. The van der Waals surface area contributed by atoms with Crippen molar-refractivity contribution in [3.05, 3.63) is 84.1 Å². The fraction of sp³-hybridized carbons (Fsp3) is 0.0526. The fourth-order valence-corrected chi connectivity index (χ4v) is 2.76. The molecule has 6 heteroatoms. The summed E-state index contributed by atoms with van der Waals surface area (Å²) in [6.45, 7) is 0.471. The summed E-state index contributed by atoms with van der Waals surface area (Å²) in [6.07, 6.45) is 5.37. The summed E-state index contributed by atoms with van der Waals surface area (Å²) in [5, 5.41) is 8.30. The number of oxazole rings is 1. The quantitative estimate of drug-likeness (QED) is 0.562. The van der Waals surface area contributed by atoms with E-state index >= 15 is 0 Å². The molecule has 0 saturated heterocycles. The molecule has 0 unspecified atom stereocenters. The van der Waals surface area contributed by atoms with E-state index in [2.05, 4.69) is 15.4 Å². The second kappa shape index (κ2) is 6.83. The smallest absolute Gasteiger partial charge is 0.214 e. The minimum Gasteiger partial charge on any atom is -0.439 e. The summed E-state index contributed by atoms with van der Waals surface area (Å²) in [4.78, 5) is 4.34. The van der Waals surface area contributed by atoms with Crippen LogP contribution in [0.1, 0.15) is 5.89 Å². The molecule has 1 N–H and O–H groups in total. The second-order valence-corrected chi connectivity index (χ2v) is 5.89. The van der Waals surface area contributed by atoms with Gasteiger partial charge in [-0.05, 0) is 30.3 Å². The number of benzene rings is 2. The minimum absolute atomic E-state index is 0.471.